The van der Waals surface area contributed by atoms with Crippen LogP contribution in [0.2, 0.25) is 0 Å². The lowest BCUT2D eigenvalue weighted by Crippen LogP contribution is -2.36. The van der Waals surface area contributed by atoms with Gasteiger partial charge >= 0.3 is 5.97 Å². The molecule has 6 heteroatoms. The van der Waals surface area contributed by atoms with E-state index in [1.165, 1.54) is 18.2 Å². The second kappa shape index (κ2) is 11.3. The van der Waals surface area contributed by atoms with Crippen molar-refractivity contribution in [3.05, 3.63) is 79.4 Å². The minimum atomic E-state index is -3.82. The van der Waals surface area contributed by atoms with Gasteiger partial charge in [0.05, 0.1) is 4.90 Å². The number of unbranched alkanes of at least 4 members (excludes halogenated alkanes) is 1. The lowest BCUT2D eigenvalue weighted by atomic mass is 10.2. The van der Waals surface area contributed by atoms with Gasteiger partial charge in [-0.3, -0.25) is 4.79 Å². The molecule has 0 fully saturated rings. The molecular weight excluding hydrogens is 362 g/mol. The summed E-state index contributed by atoms with van der Waals surface area (Å²) in [5.41, 5.74) is 1.58. The molecule has 0 unspecified atom stereocenters. The Bertz CT molecular complexity index is 792. The Labute approximate surface area is 162 Å². The van der Waals surface area contributed by atoms with Crippen molar-refractivity contribution in [3.63, 3.8) is 0 Å². The highest BCUT2D eigenvalue weighted by Crippen LogP contribution is 2.16. The van der Waals surface area contributed by atoms with E-state index in [0.29, 0.717) is 5.57 Å². The van der Waals surface area contributed by atoms with Crippen molar-refractivity contribution in [1.82, 2.24) is 4.31 Å². The van der Waals surface area contributed by atoms with Gasteiger partial charge in [0.2, 0.25) is 10.0 Å². The zero-order valence-electron chi connectivity index (χ0n) is 15.8. The summed E-state index contributed by atoms with van der Waals surface area (Å²) in [5.74, 6) is -0.645. The van der Waals surface area contributed by atoms with E-state index in [9.17, 15) is 13.2 Å². The smallest absolute Gasteiger partial charge is 0.321 e. The molecule has 0 aliphatic rings. The number of aryl methyl sites for hydroxylation is 1. The Kier molecular flexibility index (Phi) is 9.47. The van der Waals surface area contributed by atoms with E-state index in [4.69, 9.17) is 4.74 Å². The molecule has 146 valence electrons. The summed E-state index contributed by atoms with van der Waals surface area (Å²) in [6.07, 6.45) is 8.64. The molecule has 0 bridgehead atoms. The quantitative estimate of drug-likeness (QED) is 0.236. The van der Waals surface area contributed by atoms with Crippen molar-refractivity contribution in [2.45, 2.75) is 24.7 Å². The minimum Gasteiger partial charge on any atom is -0.460 e. The van der Waals surface area contributed by atoms with Gasteiger partial charge in [-0.15, -0.1) is 13.2 Å². The van der Waals surface area contributed by atoms with Crippen LogP contribution < -0.4 is 0 Å². The summed E-state index contributed by atoms with van der Waals surface area (Å²) < 4.78 is 31.7. The molecule has 0 aliphatic carbocycles. The van der Waals surface area contributed by atoms with Crippen molar-refractivity contribution < 1.29 is 17.9 Å². The monoisotopic (exact) mass is 389 g/mol. The average molecular weight is 390 g/mol. The molecule has 0 saturated heterocycles. The van der Waals surface area contributed by atoms with Crippen LogP contribution in [0.3, 0.4) is 0 Å². The van der Waals surface area contributed by atoms with Gasteiger partial charge in [-0.25, -0.2) is 8.42 Å². The molecule has 0 radical (unpaired) electrons. The third-order valence-corrected chi connectivity index (χ3v) is 5.43. The van der Waals surface area contributed by atoms with Gasteiger partial charge in [-0.1, -0.05) is 48.6 Å². The van der Waals surface area contributed by atoms with Crippen molar-refractivity contribution in [2.75, 3.05) is 19.7 Å². The lowest BCUT2D eigenvalue weighted by Gasteiger charge is -2.20. The molecular formula is C21H27NO4S. The zero-order chi connectivity index (χ0) is 20.3. The van der Waals surface area contributed by atoms with Crippen molar-refractivity contribution in [1.29, 1.82) is 0 Å². The van der Waals surface area contributed by atoms with Gasteiger partial charge < -0.3 is 4.74 Å². The first-order valence-corrected chi connectivity index (χ1v) is 10.0. The Hall–Kier alpha value is -2.44. The number of esters is 1. The fourth-order valence-corrected chi connectivity index (χ4v) is 3.48. The maximum absolute atomic E-state index is 12.7. The van der Waals surface area contributed by atoms with Crippen LogP contribution in [0.5, 0.6) is 0 Å². The number of benzene rings is 1. The fraction of sp³-hybridized carbons (Fsp3) is 0.286. The topological polar surface area (TPSA) is 63.7 Å². The van der Waals surface area contributed by atoms with Gasteiger partial charge in [0.15, 0.2) is 0 Å². The van der Waals surface area contributed by atoms with E-state index >= 15 is 0 Å². The molecule has 0 amide bonds. The Morgan fingerprint density at radius 3 is 2.41 bits per heavy atom. The molecule has 0 aliphatic heterocycles. The van der Waals surface area contributed by atoms with Crippen molar-refractivity contribution >= 4 is 16.0 Å². The van der Waals surface area contributed by atoms with Crippen LogP contribution >= 0.6 is 0 Å². The minimum absolute atomic E-state index is 0.00765. The second-order valence-electron chi connectivity index (χ2n) is 5.99. The van der Waals surface area contributed by atoms with Crippen LogP contribution in [-0.2, 0) is 19.6 Å². The maximum atomic E-state index is 12.7. The molecule has 1 aromatic carbocycles. The number of carbonyl (C=O) groups is 1. The van der Waals surface area contributed by atoms with E-state index in [1.54, 1.807) is 18.2 Å². The van der Waals surface area contributed by atoms with Gasteiger partial charge in [0, 0.05) is 6.54 Å². The number of hydrogen-bond acceptors (Lipinski definition) is 4. The highest BCUT2D eigenvalue weighted by atomic mass is 32.2. The number of rotatable bonds is 12. The molecule has 1 rings (SSSR count). The molecule has 0 spiro atoms. The van der Waals surface area contributed by atoms with Crippen LogP contribution in [0.15, 0.2) is 78.8 Å². The molecule has 0 N–H and O–H groups in total. The Morgan fingerprint density at radius 2 is 1.81 bits per heavy atom. The molecule has 0 saturated carbocycles. The first kappa shape index (κ1) is 22.6. The lowest BCUT2D eigenvalue weighted by molar-refractivity contribution is -0.142. The molecule has 1 aromatic rings. The third-order valence-electron chi connectivity index (χ3n) is 3.61. The summed E-state index contributed by atoms with van der Waals surface area (Å²) in [4.78, 5) is 12.2. The van der Waals surface area contributed by atoms with Crippen LogP contribution in [0.1, 0.15) is 18.4 Å². The van der Waals surface area contributed by atoms with E-state index < -0.39 is 22.5 Å². The Morgan fingerprint density at radius 1 is 1.15 bits per heavy atom. The fourth-order valence-electron chi connectivity index (χ4n) is 2.13. The number of sulfonamides is 1. The van der Waals surface area contributed by atoms with Gasteiger partial charge in [-0.2, -0.15) is 4.31 Å². The molecule has 0 aromatic heterocycles. The summed E-state index contributed by atoms with van der Waals surface area (Å²) in [7, 11) is -3.82. The van der Waals surface area contributed by atoms with Crippen LogP contribution in [0, 0.1) is 6.92 Å². The van der Waals surface area contributed by atoms with Gasteiger partial charge in [0.1, 0.15) is 13.2 Å². The summed E-state index contributed by atoms with van der Waals surface area (Å²) in [6, 6.07) is 6.45. The number of carbonyl (C=O) groups excluding carboxylic acids is 1. The maximum Gasteiger partial charge on any atom is 0.321 e. The number of nitrogens with zero attached hydrogens (tertiary/aromatic N) is 1. The number of allylic oxidation sites excluding steroid dienone is 2. The zero-order valence-corrected chi connectivity index (χ0v) is 16.6. The van der Waals surface area contributed by atoms with Crippen molar-refractivity contribution in [3.8, 4) is 0 Å². The SMILES string of the molecule is C=CCC/C=C/C(=C)COC(=O)CN(CC=C)S(=O)(=O)c1ccc(C)cc1. The first-order chi connectivity index (χ1) is 12.8. The third kappa shape index (κ3) is 7.76. The van der Waals surface area contributed by atoms with Crippen molar-refractivity contribution in [2.24, 2.45) is 0 Å². The van der Waals surface area contributed by atoms with Crippen LogP contribution in [-0.4, -0.2) is 38.4 Å². The summed E-state index contributed by atoms with van der Waals surface area (Å²) in [5, 5.41) is 0. The largest absolute Gasteiger partial charge is 0.460 e. The second-order valence-corrected chi connectivity index (χ2v) is 7.92. The average Bonchev–Trinajstić information content (AvgIpc) is 2.63. The van der Waals surface area contributed by atoms with E-state index in [2.05, 4.69) is 19.7 Å². The summed E-state index contributed by atoms with van der Waals surface area (Å²) in [6.45, 7) is 12.5. The predicted octanol–water partition coefficient (Wildman–Crippen LogP) is 3.79. The number of ether oxygens (including phenoxy) is 1. The van der Waals surface area contributed by atoms with E-state index in [-0.39, 0.29) is 18.0 Å². The van der Waals surface area contributed by atoms with Crippen LogP contribution in [0.25, 0.3) is 0 Å². The number of hydrogen-bond donors (Lipinski definition) is 0. The molecule has 27 heavy (non-hydrogen) atoms. The van der Waals surface area contributed by atoms with E-state index in [0.717, 1.165) is 22.7 Å². The molecule has 0 heterocycles. The molecule has 0 atom stereocenters. The normalized spacial score (nSPS) is 11.5. The predicted molar refractivity (Wildman–Crippen MR) is 109 cm³/mol. The highest BCUT2D eigenvalue weighted by molar-refractivity contribution is 7.89. The van der Waals surface area contributed by atoms with E-state index in [1.807, 2.05) is 19.1 Å². The summed E-state index contributed by atoms with van der Waals surface area (Å²) >= 11 is 0. The Balaban J connectivity index is 2.70. The van der Waals surface area contributed by atoms with Gasteiger partial charge in [0.25, 0.3) is 0 Å². The molecule has 5 nitrogen and oxygen atoms in total. The highest BCUT2D eigenvalue weighted by Gasteiger charge is 2.26. The first-order valence-electron chi connectivity index (χ1n) is 8.59. The van der Waals surface area contributed by atoms with Gasteiger partial charge in [-0.05, 0) is 37.5 Å². The standard InChI is InChI=1S/C21H27NO4S/c1-5-7-8-9-10-19(4)17-26-21(23)16-22(15-6-2)27(24,25)20-13-11-18(3)12-14-20/h5-6,9-14H,1-2,4,7-8,15-17H2,3H3/b10-9+. The van der Waals surface area contributed by atoms with Crippen LogP contribution in [0.4, 0.5) is 0 Å².